The summed E-state index contributed by atoms with van der Waals surface area (Å²) in [5.74, 6) is -1.10. The predicted molar refractivity (Wildman–Crippen MR) is 120 cm³/mol. The highest BCUT2D eigenvalue weighted by atomic mass is 35.5. The Morgan fingerprint density at radius 2 is 1.84 bits per heavy atom. The first-order valence-corrected chi connectivity index (χ1v) is 10.6. The maximum absolute atomic E-state index is 12.7. The number of carbonyl (C=O) groups is 3. The van der Waals surface area contributed by atoms with Crippen molar-refractivity contribution in [2.45, 2.75) is 52.6 Å². The van der Waals surface area contributed by atoms with Gasteiger partial charge in [-0.3, -0.25) is 9.59 Å². The first-order chi connectivity index (χ1) is 14.4. The first kappa shape index (κ1) is 26.7. The zero-order valence-electron chi connectivity index (χ0n) is 19.0. The Kier molecular flexibility index (Phi) is 10.3. The van der Waals surface area contributed by atoms with Gasteiger partial charge < -0.3 is 25.8 Å². The minimum absolute atomic E-state index is 0.0627. The van der Waals surface area contributed by atoms with E-state index in [1.807, 2.05) is 19.9 Å². The van der Waals surface area contributed by atoms with Crippen molar-refractivity contribution in [3.8, 4) is 5.75 Å². The number of carbonyl (C=O) groups excluding carboxylic acids is 2. The highest BCUT2D eigenvalue weighted by Crippen LogP contribution is 2.25. The lowest BCUT2D eigenvalue weighted by Gasteiger charge is -2.27. The third-order valence-electron chi connectivity index (χ3n) is 4.95. The summed E-state index contributed by atoms with van der Waals surface area (Å²) in [5, 5.41) is 18.1. The van der Waals surface area contributed by atoms with E-state index < -0.39 is 29.4 Å². The molecular formula is C22H34ClN3O5. The molecule has 2 atom stereocenters. The van der Waals surface area contributed by atoms with E-state index in [1.54, 1.807) is 33.0 Å². The largest absolute Gasteiger partial charge is 0.495 e. The third-order valence-corrected chi connectivity index (χ3v) is 5.25. The SMILES string of the molecule is CN[C@H](Cc1ccc(OC)c(Cl)c1)C(=O)NCC(C)(C)C(=O)N[C@@H](CC(C)C)C(=O)O. The van der Waals surface area contributed by atoms with Crippen LogP contribution in [0.1, 0.15) is 39.7 Å². The standard InChI is InChI=1S/C22H34ClN3O5/c1-13(2)9-17(20(28)29)26-21(30)22(3,4)12-25-19(27)16(24-5)11-14-7-8-18(31-6)15(23)10-14/h7-8,10,13,16-17,24H,9,11-12H2,1-6H3,(H,25,27)(H,26,30)(H,28,29)/t16-,17+/m1/s1. The van der Waals surface area contributed by atoms with Gasteiger partial charge in [0, 0.05) is 6.54 Å². The fourth-order valence-corrected chi connectivity index (χ4v) is 3.24. The average molecular weight is 456 g/mol. The molecule has 1 rings (SSSR count). The van der Waals surface area contributed by atoms with E-state index in [0.717, 1.165) is 5.56 Å². The molecule has 4 N–H and O–H groups in total. The van der Waals surface area contributed by atoms with E-state index in [2.05, 4.69) is 16.0 Å². The van der Waals surface area contributed by atoms with Crippen LogP contribution in [0.3, 0.4) is 0 Å². The van der Waals surface area contributed by atoms with Gasteiger partial charge in [-0.05, 0) is 57.4 Å². The van der Waals surface area contributed by atoms with Gasteiger partial charge in [-0.1, -0.05) is 31.5 Å². The van der Waals surface area contributed by atoms with Gasteiger partial charge in [-0.2, -0.15) is 0 Å². The second-order valence-corrected chi connectivity index (χ2v) is 9.02. The van der Waals surface area contributed by atoms with Crippen molar-refractivity contribution < 1.29 is 24.2 Å². The van der Waals surface area contributed by atoms with Gasteiger partial charge >= 0.3 is 5.97 Å². The number of aliphatic carboxylic acids is 1. The predicted octanol–water partition coefficient (Wildman–Crippen LogP) is 2.24. The van der Waals surface area contributed by atoms with Crippen molar-refractivity contribution in [3.63, 3.8) is 0 Å². The van der Waals surface area contributed by atoms with Crippen LogP contribution >= 0.6 is 11.6 Å². The van der Waals surface area contributed by atoms with Gasteiger partial charge in [-0.25, -0.2) is 4.79 Å². The van der Waals surface area contributed by atoms with E-state index in [0.29, 0.717) is 23.6 Å². The first-order valence-electron chi connectivity index (χ1n) is 10.2. The number of halogens is 1. The molecule has 0 aliphatic rings. The number of carboxylic acid groups (broad SMARTS) is 1. The number of methoxy groups -OCH3 is 1. The molecule has 0 heterocycles. The lowest BCUT2D eigenvalue weighted by Crippen LogP contribution is -2.52. The van der Waals surface area contributed by atoms with Crippen LogP contribution in [0.4, 0.5) is 0 Å². The van der Waals surface area contributed by atoms with Gasteiger partial charge in [0.05, 0.1) is 23.6 Å². The molecule has 1 aromatic carbocycles. The molecule has 0 radical (unpaired) electrons. The summed E-state index contributed by atoms with van der Waals surface area (Å²) in [6.07, 6.45) is 0.726. The number of ether oxygens (including phenoxy) is 1. The van der Waals surface area contributed by atoms with Crippen LogP contribution in [0.2, 0.25) is 5.02 Å². The van der Waals surface area contributed by atoms with E-state index in [4.69, 9.17) is 16.3 Å². The highest BCUT2D eigenvalue weighted by Gasteiger charge is 2.32. The summed E-state index contributed by atoms with van der Waals surface area (Å²) >= 11 is 6.15. The molecule has 0 bridgehead atoms. The molecule has 0 fully saturated rings. The Balaban J connectivity index is 2.72. The Bertz CT molecular complexity index is 782. The molecule has 0 aliphatic heterocycles. The molecule has 9 heteroatoms. The van der Waals surface area contributed by atoms with E-state index in [1.165, 1.54) is 7.11 Å². The van der Waals surface area contributed by atoms with Crippen LogP contribution in [0.5, 0.6) is 5.75 Å². The monoisotopic (exact) mass is 455 g/mol. The molecule has 174 valence electrons. The molecule has 1 aromatic rings. The van der Waals surface area contributed by atoms with Crippen molar-refractivity contribution in [1.82, 2.24) is 16.0 Å². The smallest absolute Gasteiger partial charge is 0.326 e. The quantitative estimate of drug-likeness (QED) is 0.384. The number of hydrogen-bond acceptors (Lipinski definition) is 5. The van der Waals surface area contributed by atoms with Gasteiger partial charge in [0.1, 0.15) is 11.8 Å². The maximum atomic E-state index is 12.7. The lowest BCUT2D eigenvalue weighted by molar-refractivity contribution is -0.144. The van der Waals surface area contributed by atoms with Crippen molar-refractivity contribution >= 4 is 29.4 Å². The molecule has 2 amide bonds. The molecular weight excluding hydrogens is 422 g/mol. The zero-order valence-corrected chi connectivity index (χ0v) is 19.8. The van der Waals surface area contributed by atoms with E-state index in [9.17, 15) is 19.5 Å². The van der Waals surface area contributed by atoms with Crippen LogP contribution in [0.15, 0.2) is 18.2 Å². The molecule has 0 unspecified atom stereocenters. The number of nitrogens with one attached hydrogen (secondary N) is 3. The van der Waals surface area contributed by atoms with Crippen molar-refractivity contribution in [1.29, 1.82) is 0 Å². The van der Waals surface area contributed by atoms with Gasteiger partial charge in [-0.15, -0.1) is 0 Å². The summed E-state index contributed by atoms with van der Waals surface area (Å²) in [7, 11) is 3.21. The number of hydrogen-bond donors (Lipinski definition) is 4. The van der Waals surface area contributed by atoms with Crippen LogP contribution in [-0.2, 0) is 20.8 Å². The minimum atomic E-state index is -1.07. The fourth-order valence-electron chi connectivity index (χ4n) is 2.96. The summed E-state index contributed by atoms with van der Waals surface area (Å²) < 4.78 is 5.14. The summed E-state index contributed by atoms with van der Waals surface area (Å²) in [6, 6.07) is 3.82. The van der Waals surface area contributed by atoms with Crippen molar-refractivity contribution in [2.24, 2.45) is 11.3 Å². The Morgan fingerprint density at radius 3 is 2.32 bits per heavy atom. The molecule has 0 spiro atoms. The molecule has 0 aromatic heterocycles. The van der Waals surface area contributed by atoms with Crippen LogP contribution in [-0.4, -0.2) is 55.7 Å². The van der Waals surface area contributed by atoms with Crippen molar-refractivity contribution in [3.05, 3.63) is 28.8 Å². The number of rotatable bonds is 12. The van der Waals surface area contributed by atoms with Gasteiger partial charge in [0.2, 0.25) is 11.8 Å². The molecule has 8 nitrogen and oxygen atoms in total. The lowest BCUT2D eigenvalue weighted by atomic mass is 9.91. The molecule has 0 saturated carbocycles. The molecule has 31 heavy (non-hydrogen) atoms. The van der Waals surface area contributed by atoms with Gasteiger partial charge in [0.15, 0.2) is 0 Å². The normalized spacial score (nSPS) is 13.4. The number of carboxylic acids is 1. The fraction of sp³-hybridized carbons (Fsp3) is 0.591. The Hall–Kier alpha value is -2.32. The maximum Gasteiger partial charge on any atom is 0.326 e. The summed E-state index contributed by atoms with van der Waals surface area (Å²) in [5.41, 5.74) is -0.127. The number of likely N-dealkylation sites (N-methyl/N-ethyl adjacent to an activating group) is 1. The topological polar surface area (TPSA) is 117 Å². The Labute approximate surface area is 189 Å². The number of benzene rings is 1. The number of amides is 2. The summed E-state index contributed by atoms with van der Waals surface area (Å²) in [4.78, 5) is 36.7. The average Bonchev–Trinajstić information content (AvgIpc) is 2.69. The van der Waals surface area contributed by atoms with E-state index >= 15 is 0 Å². The molecule has 0 saturated heterocycles. The summed E-state index contributed by atoms with van der Waals surface area (Å²) in [6.45, 7) is 7.17. The molecule has 0 aliphatic carbocycles. The van der Waals surface area contributed by atoms with Crippen LogP contribution in [0.25, 0.3) is 0 Å². The van der Waals surface area contributed by atoms with Crippen LogP contribution in [0, 0.1) is 11.3 Å². The van der Waals surface area contributed by atoms with E-state index in [-0.39, 0.29) is 18.4 Å². The Morgan fingerprint density at radius 1 is 1.19 bits per heavy atom. The second-order valence-electron chi connectivity index (χ2n) is 8.61. The van der Waals surface area contributed by atoms with Gasteiger partial charge in [0.25, 0.3) is 0 Å². The van der Waals surface area contributed by atoms with Crippen LogP contribution < -0.4 is 20.7 Å². The highest BCUT2D eigenvalue weighted by molar-refractivity contribution is 6.32. The minimum Gasteiger partial charge on any atom is -0.495 e. The third kappa shape index (κ3) is 8.38. The second kappa shape index (κ2) is 11.9. The zero-order chi connectivity index (χ0) is 23.8. The van der Waals surface area contributed by atoms with Crippen molar-refractivity contribution in [2.75, 3.05) is 20.7 Å².